The Morgan fingerprint density at radius 1 is 1.33 bits per heavy atom. The summed E-state index contributed by atoms with van der Waals surface area (Å²) in [5, 5.41) is 5.46. The summed E-state index contributed by atoms with van der Waals surface area (Å²) in [6, 6.07) is 0.676. The van der Waals surface area contributed by atoms with Gasteiger partial charge in [-0.2, -0.15) is 0 Å². The average Bonchev–Trinajstić information content (AvgIpc) is 2.55. The zero-order valence-corrected chi connectivity index (χ0v) is 10.9. The highest BCUT2D eigenvalue weighted by Crippen LogP contribution is 2.35. The molecule has 0 aromatic carbocycles. The van der Waals surface area contributed by atoms with E-state index in [1.165, 1.54) is 30.9 Å². The smallest absolute Gasteiger partial charge is 0.157 e. The summed E-state index contributed by atoms with van der Waals surface area (Å²) in [6.45, 7) is 8.00. The Labute approximate surface area is 97.3 Å². The largest absolute Gasteiger partial charge is 0.362 e. The molecule has 1 atom stereocenters. The lowest BCUT2D eigenvalue weighted by molar-refractivity contribution is 0.217. The van der Waals surface area contributed by atoms with Crippen molar-refractivity contribution in [2.24, 2.45) is 10.4 Å². The van der Waals surface area contributed by atoms with Gasteiger partial charge >= 0.3 is 0 Å². The predicted molar refractivity (Wildman–Crippen MR) is 68.5 cm³/mol. The van der Waals surface area contributed by atoms with Crippen molar-refractivity contribution in [1.29, 1.82) is 0 Å². The van der Waals surface area contributed by atoms with Gasteiger partial charge in [-0.15, -0.1) is 0 Å². The average molecular weight is 226 g/mol. The van der Waals surface area contributed by atoms with Crippen LogP contribution >= 0.6 is 11.8 Å². The van der Waals surface area contributed by atoms with Crippen LogP contribution in [0.1, 0.15) is 46.5 Å². The molecule has 0 radical (unpaired) electrons. The van der Waals surface area contributed by atoms with Crippen LogP contribution in [0.5, 0.6) is 0 Å². The van der Waals surface area contributed by atoms with E-state index in [1.807, 2.05) is 11.8 Å². The van der Waals surface area contributed by atoms with E-state index in [0.717, 1.165) is 6.54 Å². The summed E-state index contributed by atoms with van der Waals surface area (Å²) in [4.78, 5) is 4.52. The van der Waals surface area contributed by atoms with Gasteiger partial charge in [0.05, 0.1) is 6.54 Å². The van der Waals surface area contributed by atoms with Gasteiger partial charge in [0.2, 0.25) is 0 Å². The topological polar surface area (TPSA) is 24.4 Å². The van der Waals surface area contributed by atoms with E-state index in [0.29, 0.717) is 16.7 Å². The van der Waals surface area contributed by atoms with Gasteiger partial charge in [0.25, 0.3) is 0 Å². The maximum atomic E-state index is 4.52. The minimum atomic E-state index is 0.566. The van der Waals surface area contributed by atoms with Crippen molar-refractivity contribution in [2.45, 2.75) is 57.7 Å². The fraction of sp³-hybridized carbons (Fsp3) is 0.917. The van der Waals surface area contributed by atoms with Crippen LogP contribution in [-0.4, -0.2) is 23.0 Å². The van der Waals surface area contributed by atoms with Gasteiger partial charge in [-0.3, -0.25) is 4.99 Å². The zero-order valence-electron chi connectivity index (χ0n) is 10.0. The molecule has 1 N–H and O–H groups in total. The molecule has 1 fully saturated rings. The van der Waals surface area contributed by atoms with E-state index in [-0.39, 0.29) is 0 Å². The van der Waals surface area contributed by atoms with E-state index < -0.39 is 0 Å². The molecule has 1 heterocycles. The molecular weight excluding hydrogens is 204 g/mol. The standard InChI is InChI=1S/C12H22N2S/c1-9-8-13-11(15-9)14-10-4-6-12(2,3)7-5-10/h9-10H,4-8H2,1-3H3,(H,13,14). The van der Waals surface area contributed by atoms with Gasteiger partial charge in [-0.25, -0.2) is 0 Å². The van der Waals surface area contributed by atoms with Gasteiger partial charge in [-0.1, -0.05) is 32.5 Å². The van der Waals surface area contributed by atoms with Crippen LogP contribution < -0.4 is 5.32 Å². The molecule has 15 heavy (non-hydrogen) atoms. The van der Waals surface area contributed by atoms with Crippen LogP contribution in [0, 0.1) is 5.41 Å². The van der Waals surface area contributed by atoms with E-state index in [9.17, 15) is 0 Å². The maximum absolute atomic E-state index is 4.52. The van der Waals surface area contributed by atoms with E-state index >= 15 is 0 Å². The van der Waals surface area contributed by atoms with Crippen molar-refractivity contribution < 1.29 is 0 Å². The molecule has 1 aliphatic heterocycles. The van der Waals surface area contributed by atoms with E-state index in [4.69, 9.17) is 0 Å². The van der Waals surface area contributed by atoms with Crippen LogP contribution in [0.3, 0.4) is 0 Å². The normalized spacial score (nSPS) is 31.4. The lowest BCUT2D eigenvalue weighted by Crippen LogP contribution is -2.37. The Morgan fingerprint density at radius 3 is 2.53 bits per heavy atom. The van der Waals surface area contributed by atoms with Crippen molar-refractivity contribution in [3.63, 3.8) is 0 Å². The van der Waals surface area contributed by atoms with Gasteiger partial charge in [0, 0.05) is 11.3 Å². The Balaban J connectivity index is 1.78. The van der Waals surface area contributed by atoms with Gasteiger partial charge in [0.15, 0.2) is 5.17 Å². The van der Waals surface area contributed by atoms with Crippen LogP contribution in [0.15, 0.2) is 4.99 Å². The van der Waals surface area contributed by atoms with Crippen molar-refractivity contribution in [1.82, 2.24) is 5.32 Å². The van der Waals surface area contributed by atoms with E-state index in [1.54, 1.807) is 0 Å². The third kappa shape index (κ3) is 3.13. The third-order valence-electron chi connectivity index (χ3n) is 3.47. The number of hydrogen-bond donors (Lipinski definition) is 1. The van der Waals surface area contributed by atoms with Crippen LogP contribution in [0.4, 0.5) is 0 Å². The predicted octanol–water partition coefficient (Wildman–Crippen LogP) is 3.04. The van der Waals surface area contributed by atoms with E-state index in [2.05, 4.69) is 31.1 Å². The number of nitrogens with one attached hydrogen (secondary N) is 1. The second kappa shape index (κ2) is 4.36. The molecule has 0 aromatic heterocycles. The molecular formula is C12H22N2S. The minimum absolute atomic E-state index is 0.566. The van der Waals surface area contributed by atoms with Gasteiger partial charge in [0.1, 0.15) is 0 Å². The molecule has 2 aliphatic rings. The second-order valence-electron chi connectivity index (χ2n) is 5.66. The first-order valence-corrected chi connectivity index (χ1v) is 6.91. The lowest BCUT2D eigenvalue weighted by Gasteiger charge is -2.34. The molecule has 0 bridgehead atoms. The molecule has 86 valence electrons. The fourth-order valence-corrected chi connectivity index (χ4v) is 3.19. The maximum Gasteiger partial charge on any atom is 0.157 e. The number of thioether (sulfide) groups is 1. The highest BCUT2D eigenvalue weighted by Gasteiger charge is 2.28. The van der Waals surface area contributed by atoms with Gasteiger partial charge in [-0.05, 0) is 31.1 Å². The fourth-order valence-electron chi connectivity index (χ4n) is 2.27. The number of aliphatic imine (C=N–C) groups is 1. The quantitative estimate of drug-likeness (QED) is 0.743. The Bertz CT molecular complexity index is 250. The first-order valence-electron chi connectivity index (χ1n) is 6.03. The number of hydrogen-bond acceptors (Lipinski definition) is 3. The molecule has 0 saturated heterocycles. The first kappa shape index (κ1) is 11.3. The number of amidine groups is 1. The molecule has 2 rings (SSSR count). The Kier molecular flexibility index (Phi) is 3.29. The molecule has 3 heteroatoms. The van der Waals surface area contributed by atoms with Crippen LogP contribution in [-0.2, 0) is 0 Å². The molecule has 1 saturated carbocycles. The Hall–Kier alpha value is -0.180. The minimum Gasteiger partial charge on any atom is -0.362 e. The summed E-state index contributed by atoms with van der Waals surface area (Å²) in [5.74, 6) is 0. The molecule has 0 aromatic rings. The monoisotopic (exact) mass is 226 g/mol. The highest BCUT2D eigenvalue weighted by atomic mass is 32.2. The van der Waals surface area contributed by atoms with Crippen LogP contribution in [0.2, 0.25) is 0 Å². The molecule has 0 spiro atoms. The molecule has 1 unspecified atom stereocenters. The lowest BCUT2D eigenvalue weighted by atomic mass is 9.76. The third-order valence-corrected chi connectivity index (χ3v) is 4.49. The van der Waals surface area contributed by atoms with Gasteiger partial charge < -0.3 is 5.32 Å². The van der Waals surface area contributed by atoms with Crippen molar-refractivity contribution >= 4 is 16.9 Å². The summed E-state index contributed by atoms with van der Waals surface area (Å²) < 4.78 is 0. The summed E-state index contributed by atoms with van der Waals surface area (Å²) in [7, 11) is 0. The molecule has 2 nitrogen and oxygen atoms in total. The molecule has 0 amide bonds. The number of nitrogens with zero attached hydrogens (tertiary/aromatic N) is 1. The summed E-state index contributed by atoms with van der Waals surface area (Å²) in [6.07, 6.45) is 5.30. The number of rotatable bonds is 1. The molecule has 1 aliphatic carbocycles. The van der Waals surface area contributed by atoms with Crippen molar-refractivity contribution in [3.8, 4) is 0 Å². The van der Waals surface area contributed by atoms with Crippen molar-refractivity contribution in [3.05, 3.63) is 0 Å². The highest BCUT2D eigenvalue weighted by molar-refractivity contribution is 8.14. The zero-order chi connectivity index (χ0) is 10.9. The summed E-state index contributed by atoms with van der Waals surface area (Å²) >= 11 is 1.90. The SMILES string of the molecule is CC1CN=C(NC2CCC(C)(C)CC2)S1. The Morgan fingerprint density at radius 2 is 2.00 bits per heavy atom. The van der Waals surface area contributed by atoms with Crippen LogP contribution in [0.25, 0.3) is 0 Å². The second-order valence-corrected chi connectivity index (χ2v) is 7.08. The summed E-state index contributed by atoms with van der Waals surface area (Å²) in [5.41, 5.74) is 0.566. The van der Waals surface area contributed by atoms with Crippen molar-refractivity contribution in [2.75, 3.05) is 6.54 Å². The first-order chi connectivity index (χ1) is 7.05.